The highest BCUT2D eigenvalue weighted by Gasteiger charge is 2.35. The molecule has 0 atom stereocenters. The molecule has 1 aromatic rings. The van der Waals surface area contributed by atoms with Crippen molar-refractivity contribution in [1.82, 2.24) is 4.90 Å². The van der Waals surface area contributed by atoms with Gasteiger partial charge in [-0.05, 0) is 37.1 Å². The maximum Gasteiger partial charge on any atom is 0.253 e. The summed E-state index contributed by atoms with van der Waals surface area (Å²) in [5, 5.41) is 12.5. The summed E-state index contributed by atoms with van der Waals surface area (Å²) in [5.74, 6) is 0.222. The zero-order valence-corrected chi connectivity index (χ0v) is 12.1. The molecule has 0 aliphatic carbocycles. The maximum absolute atomic E-state index is 12.3. The van der Waals surface area contributed by atoms with Gasteiger partial charge in [-0.15, -0.1) is 0 Å². The van der Waals surface area contributed by atoms with Gasteiger partial charge in [0.15, 0.2) is 0 Å². The van der Waals surface area contributed by atoms with E-state index in [0.717, 1.165) is 0 Å². The lowest BCUT2D eigenvalue weighted by atomic mass is 9.79. The van der Waals surface area contributed by atoms with Crippen molar-refractivity contribution in [3.63, 3.8) is 0 Å². The van der Waals surface area contributed by atoms with Crippen LogP contribution in [0.5, 0.6) is 0 Å². The van der Waals surface area contributed by atoms with Gasteiger partial charge in [-0.1, -0.05) is 23.7 Å². The third-order valence-electron chi connectivity index (χ3n) is 3.97. The van der Waals surface area contributed by atoms with E-state index >= 15 is 0 Å². The molecule has 2 rings (SSSR count). The molecule has 1 fully saturated rings. The van der Waals surface area contributed by atoms with Crippen LogP contribution in [-0.4, -0.2) is 34.9 Å². The molecule has 1 amide bonds. The first-order valence-corrected chi connectivity index (χ1v) is 6.87. The second kappa shape index (κ2) is 5.71. The minimum absolute atomic E-state index is 0.0109. The van der Waals surface area contributed by atoms with Crippen LogP contribution in [0.3, 0.4) is 0 Å². The Hall–Kier alpha value is -1.75. The van der Waals surface area contributed by atoms with Gasteiger partial charge >= 0.3 is 0 Å². The molecule has 6 heteroatoms. The number of piperidine rings is 1. The Morgan fingerprint density at radius 1 is 1.35 bits per heavy atom. The summed E-state index contributed by atoms with van der Waals surface area (Å²) in [4.78, 5) is 14.1. The molecule has 0 aromatic heterocycles. The molecule has 0 spiro atoms. The van der Waals surface area contributed by atoms with E-state index in [9.17, 15) is 4.79 Å². The average molecular weight is 296 g/mol. The van der Waals surface area contributed by atoms with Crippen molar-refractivity contribution in [3.8, 4) is 0 Å². The Morgan fingerprint density at radius 2 is 1.90 bits per heavy atom. The average Bonchev–Trinajstić information content (AvgIpc) is 2.47. The van der Waals surface area contributed by atoms with Gasteiger partial charge in [-0.2, -0.15) is 0 Å². The van der Waals surface area contributed by atoms with Crippen LogP contribution in [0.15, 0.2) is 29.4 Å². The molecule has 1 aliphatic rings. The number of rotatable bonds is 2. The van der Waals surface area contributed by atoms with Gasteiger partial charge in [-0.25, -0.2) is 0 Å². The topological polar surface area (TPSA) is 78.9 Å². The van der Waals surface area contributed by atoms with Crippen molar-refractivity contribution in [1.29, 1.82) is 0 Å². The largest absolute Gasteiger partial charge is 0.409 e. The van der Waals surface area contributed by atoms with Crippen LogP contribution in [0.4, 0.5) is 0 Å². The third-order valence-corrected chi connectivity index (χ3v) is 4.22. The second-order valence-electron chi connectivity index (χ2n) is 5.34. The van der Waals surface area contributed by atoms with Crippen LogP contribution in [-0.2, 0) is 0 Å². The van der Waals surface area contributed by atoms with Crippen molar-refractivity contribution >= 4 is 23.3 Å². The van der Waals surface area contributed by atoms with Gasteiger partial charge in [0.25, 0.3) is 5.91 Å². The van der Waals surface area contributed by atoms with Gasteiger partial charge in [-0.3, -0.25) is 4.79 Å². The predicted octanol–water partition coefficient (Wildman–Crippen LogP) is 2.33. The Bertz CT molecular complexity index is 520. The molecule has 108 valence electrons. The molecule has 0 bridgehead atoms. The Kier molecular flexibility index (Phi) is 4.18. The Balaban J connectivity index is 2.04. The van der Waals surface area contributed by atoms with Crippen LogP contribution in [0.1, 0.15) is 30.1 Å². The molecule has 0 unspecified atom stereocenters. The van der Waals surface area contributed by atoms with Crippen LogP contribution in [0.25, 0.3) is 0 Å². The predicted molar refractivity (Wildman–Crippen MR) is 78.1 cm³/mol. The standard InChI is InChI=1S/C14H18ClN3O2/c1-14(13(16)17-20)6-8-18(9-7-14)12(19)10-2-4-11(15)5-3-10/h2-5,20H,6-9H2,1H3,(H2,16,17). The maximum atomic E-state index is 12.3. The monoisotopic (exact) mass is 295 g/mol. The lowest BCUT2D eigenvalue weighted by molar-refractivity contribution is 0.0666. The molecule has 1 heterocycles. The first-order chi connectivity index (χ1) is 9.46. The fourth-order valence-corrected chi connectivity index (χ4v) is 2.48. The van der Waals surface area contributed by atoms with E-state index in [2.05, 4.69) is 5.16 Å². The van der Waals surface area contributed by atoms with Gasteiger partial charge in [0, 0.05) is 29.1 Å². The minimum atomic E-state index is -0.342. The first kappa shape index (κ1) is 14.7. The smallest absolute Gasteiger partial charge is 0.253 e. The highest BCUT2D eigenvalue weighted by molar-refractivity contribution is 6.30. The number of hydrogen-bond acceptors (Lipinski definition) is 3. The number of carbonyl (C=O) groups excluding carboxylic acids is 1. The zero-order valence-electron chi connectivity index (χ0n) is 11.3. The number of amidine groups is 1. The molecule has 0 radical (unpaired) electrons. The number of nitrogens with zero attached hydrogens (tertiary/aromatic N) is 2. The summed E-state index contributed by atoms with van der Waals surface area (Å²) < 4.78 is 0. The quantitative estimate of drug-likeness (QED) is 0.380. The summed E-state index contributed by atoms with van der Waals surface area (Å²) in [7, 11) is 0. The van der Waals surface area contributed by atoms with Gasteiger partial charge in [0.2, 0.25) is 0 Å². The van der Waals surface area contributed by atoms with Gasteiger partial charge in [0.1, 0.15) is 5.84 Å². The number of likely N-dealkylation sites (tertiary alicyclic amines) is 1. The molecule has 1 saturated heterocycles. The van der Waals surface area contributed by atoms with E-state index in [1.165, 1.54) is 0 Å². The lowest BCUT2D eigenvalue weighted by Gasteiger charge is -2.38. The Morgan fingerprint density at radius 3 is 2.40 bits per heavy atom. The minimum Gasteiger partial charge on any atom is -0.409 e. The van der Waals surface area contributed by atoms with Crippen molar-refractivity contribution in [2.75, 3.05) is 13.1 Å². The highest BCUT2D eigenvalue weighted by atomic mass is 35.5. The number of amides is 1. The normalized spacial score (nSPS) is 18.9. The molecular weight excluding hydrogens is 278 g/mol. The SMILES string of the molecule is CC1(/C(N)=N/O)CCN(C(=O)c2ccc(Cl)cc2)CC1. The molecule has 1 aliphatic heterocycles. The van der Waals surface area contributed by atoms with Gasteiger partial charge in [0.05, 0.1) is 0 Å². The van der Waals surface area contributed by atoms with E-state index in [-0.39, 0.29) is 17.2 Å². The van der Waals surface area contributed by atoms with E-state index in [4.69, 9.17) is 22.5 Å². The van der Waals surface area contributed by atoms with Crippen LogP contribution in [0.2, 0.25) is 5.02 Å². The van der Waals surface area contributed by atoms with Crippen molar-refractivity contribution in [2.45, 2.75) is 19.8 Å². The second-order valence-corrected chi connectivity index (χ2v) is 5.78. The van der Waals surface area contributed by atoms with E-state index in [1.807, 2.05) is 6.92 Å². The summed E-state index contributed by atoms with van der Waals surface area (Å²) in [6.45, 7) is 3.13. The number of nitrogens with two attached hydrogens (primary N) is 1. The fourth-order valence-electron chi connectivity index (χ4n) is 2.36. The molecule has 5 nitrogen and oxygen atoms in total. The van der Waals surface area contributed by atoms with Crippen LogP contribution >= 0.6 is 11.6 Å². The van der Waals surface area contributed by atoms with Gasteiger partial charge < -0.3 is 15.8 Å². The number of benzene rings is 1. The van der Waals surface area contributed by atoms with E-state index in [1.54, 1.807) is 29.2 Å². The van der Waals surface area contributed by atoms with Crippen molar-refractivity contribution in [3.05, 3.63) is 34.9 Å². The highest BCUT2D eigenvalue weighted by Crippen LogP contribution is 2.31. The number of carbonyl (C=O) groups is 1. The van der Waals surface area contributed by atoms with Crippen molar-refractivity contribution in [2.24, 2.45) is 16.3 Å². The molecule has 1 aromatic carbocycles. The van der Waals surface area contributed by atoms with E-state index < -0.39 is 0 Å². The number of halogens is 1. The fraction of sp³-hybridized carbons (Fsp3) is 0.429. The summed E-state index contributed by atoms with van der Waals surface area (Å²) in [5.41, 5.74) is 6.00. The molecule has 0 saturated carbocycles. The van der Waals surface area contributed by atoms with Crippen LogP contribution < -0.4 is 5.73 Å². The zero-order chi connectivity index (χ0) is 14.8. The summed E-state index contributed by atoms with van der Waals surface area (Å²) >= 11 is 5.81. The summed E-state index contributed by atoms with van der Waals surface area (Å²) in [6.07, 6.45) is 1.37. The molecular formula is C14H18ClN3O2. The van der Waals surface area contributed by atoms with E-state index in [0.29, 0.717) is 36.5 Å². The number of oxime groups is 1. The Labute approximate surface area is 123 Å². The number of hydrogen-bond donors (Lipinski definition) is 2. The van der Waals surface area contributed by atoms with Crippen molar-refractivity contribution < 1.29 is 10.0 Å². The molecule has 20 heavy (non-hydrogen) atoms. The first-order valence-electron chi connectivity index (χ1n) is 6.49. The summed E-state index contributed by atoms with van der Waals surface area (Å²) in [6, 6.07) is 6.86. The van der Waals surface area contributed by atoms with Crippen LogP contribution in [0, 0.1) is 5.41 Å². The third kappa shape index (κ3) is 2.88. The molecule has 3 N–H and O–H groups in total. The lowest BCUT2D eigenvalue weighted by Crippen LogP contribution is -2.47.